The minimum Gasteiger partial charge on any atom is -0.486 e. The Bertz CT molecular complexity index is 7180. The van der Waals surface area contributed by atoms with Gasteiger partial charge in [-0.1, -0.05) is 44.9 Å². The summed E-state index contributed by atoms with van der Waals surface area (Å²) in [7, 11) is 1.92. The Morgan fingerprint density at radius 2 is 0.659 bits per heavy atom. The van der Waals surface area contributed by atoms with Crippen molar-refractivity contribution in [3.63, 3.8) is 0 Å². The Kier molecular flexibility index (Phi) is 27.6. The first-order valence-corrected chi connectivity index (χ1v) is 51.3. The molecule has 3 unspecified atom stereocenters. The number of rotatable bonds is 19. The van der Waals surface area contributed by atoms with Gasteiger partial charge in [0.1, 0.15) is 54.1 Å². The van der Waals surface area contributed by atoms with Crippen LogP contribution in [0.3, 0.4) is 0 Å². The molecule has 7 N–H and O–H groups in total. The van der Waals surface area contributed by atoms with Crippen LogP contribution in [0.5, 0.6) is 0 Å². The van der Waals surface area contributed by atoms with Crippen molar-refractivity contribution in [1.29, 1.82) is 0 Å². The summed E-state index contributed by atoms with van der Waals surface area (Å²) in [5.41, 5.74) is 22.7. The highest BCUT2D eigenvalue weighted by molar-refractivity contribution is 7.99. The summed E-state index contributed by atoms with van der Waals surface area (Å²) in [5.74, 6) is 8.18. The predicted molar refractivity (Wildman–Crippen MR) is 545 cm³/mol. The van der Waals surface area contributed by atoms with Crippen molar-refractivity contribution in [2.24, 2.45) is 7.05 Å². The van der Waals surface area contributed by atoms with Gasteiger partial charge in [0, 0.05) is 147 Å². The Labute approximate surface area is 819 Å². The van der Waals surface area contributed by atoms with Crippen LogP contribution in [0.1, 0.15) is 201 Å². The number of aromatic nitrogens is 22. The van der Waals surface area contributed by atoms with Crippen LogP contribution in [0, 0.1) is 61.3 Å². The van der Waals surface area contributed by atoms with Gasteiger partial charge in [0.25, 0.3) is 0 Å². The predicted octanol–water partition coefficient (Wildman–Crippen LogP) is 24.3. The van der Waals surface area contributed by atoms with Crippen molar-refractivity contribution in [2.45, 2.75) is 180 Å². The second-order valence-corrected chi connectivity index (χ2v) is 40.6. The van der Waals surface area contributed by atoms with Crippen LogP contribution in [0.2, 0.25) is 0 Å². The van der Waals surface area contributed by atoms with Gasteiger partial charge in [-0.15, -0.1) is 0 Å². The Hall–Kier alpha value is -14.0. The highest BCUT2D eigenvalue weighted by atomic mass is 32.2. The Balaban J connectivity index is 0.000000107. The number of aryl methyl sites for hydroxylation is 7. The smallest absolute Gasteiger partial charge is 0.346 e. The maximum Gasteiger partial charge on any atom is 0.346 e. The zero-order valence-electron chi connectivity index (χ0n) is 77.1. The van der Waals surface area contributed by atoms with Crippen molar-refractivity contribution >= 4 is 169 Å². The fraction of sp³-hybridized carbons (Fsp3) is 0.351. The zero-order chi connectivity index (χ0) is 94.3. The van der Waals surface area contributed by atoms with Crippen molar-refractivity contribution in [2.75, 3.05) is 58.5 Å². The van der Waals surface area contributed by atoms with Crippen LogP contribution >= 0.6 is 69.4 Å². The van der Waals surface area contributed by atoms with Crippen LogP contribution in [-0.4, -0.2) is 137 Å². The molecule has 2 saturated carbocycles. The van der Waals surface area contributed by atoms with Crippen LogP contribution in [0.15, 0.2) is 154 Å². The average Bonchev–Trinajstić information content (AvgIpc) is 1.64. The molecular weight excluding hydrogens is 1850 g/mol. The van der Waals surface area contributed by atoms with Crippen molar-refractivity contribution < 1.29 is 13.3 Å². The fourth-order valence-electron chi connectivity index (χ4n) is 18.1. The lowest BCUT2D eigenvalue weighted by Gasteiger charge is -2.23. The molecule has 0 amide bonds. The summed E-state index contributed by atoms with van der Waals surface area (Å²) < 4.78 is 48.7. The van der Waals surface area contributed by atoms with E-state index < -0.39 is 0 Å². The minimum absolute atomic E-state index is 0.255. The van der Waals surface area contributed by atoms with Crippen molar-refractivity contribution in [1.82, 2.24) is 115 Å². The third-order valence-electron chi connectivity index (χ3n) is 25.1. The number of nitrogens with zero attached hydrogens (tertiary/aromatic N) is 25. The van der Waals surface area contributed by atoms with E-state index in [1.54, 1.807) is 69.3 Å². The quantitative estimate of drug-likeness (QED) is 0.0370. The van der Waals surface area contributed by atoms with Crippen LogP contribution in [-0.2, 0) is 7.05 Å². The number of fused-ring (bicyclic) bond motifs is 5. The normalized spacial score (nSPS) is 16.4. The molecule has 19 aromatic heterocycles. The molecular formula is C97H100N32O3S6. The second-order valence-electron chi connectivity index (χ2n) is 35.2. The lowest BCUT2D eigenvalue weighted by atomic mass is 9.87. The standard InChI is InChI=1S/C21H20N6OS.2C20H19N7OS.C19H21N7S2.C17H21N5S/c1-13-8-20(29-26-13)25-18-10-17(14-6-4-3-5-7-14)24-21-16(11-23-27(18)21)15-9-19(22-2)28-12-15;2*1-12-6-19(29-26-12)25-17-8-16(13-4-3-5-22-9-13)24-20-15(10-23-27(17)20)14-7-18(21-2)28-11-14;1-12-7-18(28-24-12)23-17-8-15(16-5-3-4-6-27-16)22-19-14(10-21-26(17)19)13-9-20-25(2)11-13;1-11-10-18-22-15(20-16-8-12(2)21-23-16)9-14(19-17(11)22)13-6-4-3-5-7-13/h8-12,14,25H,3-7H2,1H3;2*6-8,10-11,13,22,25H,3-5,9H2,1H3;7-11,16,23H,3-6H2,1-2H3;8-10,13,20H,3-7H2,1-2H3. The van der Waals surface area contributed by atoms with E-state index in [9.17, 15) is 0 Å². The van der Waals surface area contributed by atoms with E-state index in [4.69, 9.17) is 57.9 Å². The van der Waals surface area contributed by atoms with Crippen molar-refractivity contribution in [3.05, 3.63) is 238 Å². The first-order chi connectivity index (χ1) is 67.5. The third-order valence-corrected chi connectivity index (χ3v) is 30.4. The molecule has 5 aliphatic rings. The number of furan rings is 3. The molecule has 138 heavy (non-hydrogen) atoms. The first-order valence-electron chi connectivity index (χ1n) is 46.3. The molecule has 0 aromatic carbocycles. The van der Waals surface area contributed by atoms with Gasteiger partial charge in [0.2, 0.25) is 0 Å². The summed E-state index contributed by atoms with van der Waals surface area (Å²) in [6, 6.07) is 25.9. The van der Waals surface area contributed by atoms with E-state index >= 15 is 0 Å². The topological polar surface area (TPSA) is 370 Å². The van der Waals surface area contributed by atoms with Gasteiger partial charge in [-0.2, -0.15) is 101 Å². The van der Waals surface area contributed by atoms with Gasteiger partial charge in [-0.05, 0) is 231 Å². The van der Waals surface area contributed by atoms with Gasteiger partial charge < -0.3 is 50.5 Å². The molecule has 3 saturated heterocycles. The maximum atomic E-state index is 7.15. The largest absolute Gasteiger partial charge is 0.486 e. The third kappa shape index (κ3) is 20.7. The van der Waals surface area contributed by atoms with E-state index in [2.05, 4.69) is 154 Å². The average molecular weight is 1950 g/mol. The molecule has 5 fully saturated rings. The first kappa shape index (κ1) is 91.8. The Morgan fingerprint density at radius 3 is 0.971 bits per heavy atom. The molecule has 22 heterocycles. The molecule has 0 bridgehead atoms. The molecule has 24 rings (SSSR count). The zero-order valence-corrected chi connectivity index (χ0v) is 82.0. The van der Waals surface area contributed by atoms with E-state index in [1.165, 1.54) is 153 Å². The summed E-state index contributed by atoms with van der Waals surface area (Å²) in [6.45, 7) is 37.4. The number of hydrogen-bond acceptors (Lipinski definition) is 32. The molecule has 3 atom stereocenters. The molecule has 702 valence electrons. The summed E-state index contributed by atoms with van der Waals surface area (Å²) in [4.78, 5) is 35.0. The lowest BCUT2D eigenvalue weighted by molar-refractivity contribution is 0.437. The highest BCUT2D eigenvalue weighted by Gasteiger charge is 2.30. The monoisotopic (exact) mass is 1950 g/mol. The summed E-state index contributed by atoms with van der Waals surface area (Å²) in [5, 5.41) is 56.8. The van der Waals surface area contributed by atoms with Crippen LogP contribution in [0.25, 0.3) is 87.3 Å². The van der Waals surface area contributed by atoms with Gasteiger partial charge in [-0.3, -0.25) is 4.68 Å². The molecule has 0 spiro atoms. The molecule has 19 aromatic rings. The number of piperidine rings is 2. The van der Waals surface area contributed by atoms with E-state index in [0.717, 1.165) is 236 Å². The molecule has 41 heteroatoms. The van der Waals surface area contributed by atoms with E-state index in [-0.39, 0.29) is 17.7 Å². The lowest BCUT2D eigenvalue weighted by Crippen LogP contribution is -2.29. The van der Waals surface area contributed by atoms with E-state index in [0.29, 0.717) is 28.9 Å². The van der Waals surface area contributed by atoms with Gasteiger partial charge >= 0.3 is 17.7 Å². The van der Waals surface area contributed by atoms with Gasteiger partial charge in [-0.25, -0.2) is 24.9 Å². The van der Waals surface area contributed by atoms with Crippen LogP contribution < -0.4 is 37.2 Å². The molecule has 35 nitrogen and oxygen atoms in total. The number of hydrogen-bond donors (Lipinski definition) is 7. The van der Waals surface area contributed by atoms with Crippen molar-refractivity contribution in [3.8, 4) is 44.5 Å². The number of thioether (sulfide) groups is 1. The maximum absolute atomic E-state index is 7.15. The number of nitrogens with one attached hydrogen (secondary N) is 7. The Morgan fingerprint density at radius 1 is 0.341 bits per heavy atom. The van der Waals surface area contributed by atoms with Crippen LogP contribution in [0.4, 0.5) is 71.7 Å². The summed E-state index contributed by atoms with van der Waals surface area (Å²) in [6.07, 6.45) is 38.5. The van der Waals surface area contributed by atoms with E-state index in [1.807, 2.05) is 110 Å². The molecule has 0 radical (unpaired) electrons. The molecule has 3 aliphatic heterocycles. The summed E-state index contributed by atoms with van der Waals surface area (Å²) >= 11 is 9.22. The number of anilines is 10. The second kappa shape index (κ2) is 41.5. The fourth-order valence-corrected chi connectivity index (χ4v) is 22.8. The van der Waals surface area contributed by atoms with Gasteiger partial charge in [0.15, 0.2) is 28.2 Å². The SMILES string of the molecule is Cc1cc(Nc2cc(C3CCCCC3)nc3c(C)cnn23)sn1.Cc1cc(Nc2cc(C3CCCCS3)nc3c(-c4cnn(C)c4)cnn23)sn1.[C-]#[N+]c1cc(-c2cnn3c(Nc4cc(C)ns4)cc(C4CCCCC4)nc23)co1.[C-]#[N+]c1cc(-c2cnn3c(Nc4cc(C)ns4)cc(C4CCCNC4)nc23)co1.[C-]#[N+]c1cc(-c2cnn3c(Nc4cc(C)ns4)cc(C4CCCNC4)nc23)co1. The highest BCUT2D eigenvalue weighted by Crippen LogP contribution is 2.44. The van der Waals surface area contributed by atoms with Gasteiger partial charge in [0.05, 0.1) is 121 Å². The molecule has 2 aliphatic carbocycles. The minimum atomic E-state index is 0.255.